The number of carbonyl (C=O) groups is 1. The first kappa shape index (κ1) is 14.3. The van der Waals surface area contributed by atoms with E-state index in [1.54, 1.807) is 4.90 Å². The number of alkyl halides is 1. The molecule has 0 bridgehead atoms. The Labute approximate surface area is 132 Å². The van der Waals surface area contributed by atoms with Gasteiger partial charge in [-0.15, -0.1) is 0 Å². The van der Waals surface area contributed by atoms with Gasteiger partial charge in [-0.3, -0.25) is 9.69 Å². The zero-order chi connectivity index (χ0) is 14.7. The standard InChI is InChI=1S/C17H16BrNO2/c18-11-6-12-21-17-15-10-5-4-9-14(15)16(20)19(17)13-7-2-1-3-8-13/h1-5,7-10,17H,6,11-12H2. The summed E-state index contributed by atoms with van der Waals surface area (Å²) in [7, 11) is 0. The molecule has 1 aliphatic rings. The Morgan fingerprint density at radius 2 is 1.76 bits per heavy atom. The summed E-state index contributed by atoms with van der Waals surface area (Å²) in [6.07, 6.45) is 0.574. The van der Waals surface area contributed by atoms with Gasteiger partial charge < -0.3 is 4.74 Å². The number of hydrogen-bond acceptors (Lipinski definition) is 2. The fraction of sp³-hybridized carbons (Fsp3) is 0.235. The molecule has 2 aromatic rings. The molecule has 108 valence electrons. The summed E-state index contributed by atoms with van der Waals surface area (Å²) in [6, 6.07) is 17.3. The molecule has 1 unspecified atom stereocenters. The summed E-state index contributed by atoms with van der Waals surface area (Å²) in [5, 5.41) is 0.890. The molecule has 1 aliphatic heterocycles. The van der Waals surface area contributed by atoms with E-state index in [1.165, 1.54) is 0 Å². The first-order chi connectivity index (χ1) is 10.3. The third kappa shape index (κ3) is 2.74. The molecule has 3 nitrogen and oxygen atoms in total. The summed E-state index contributed by atoms with van der Waals surface area (Å²) < 4.78 is 5.98. The molecule has 0 fully saturated rings. The monoisotopic (exact) mass is 345 g/mol. The Bertz CT molecular complexity index is 630. The molecule has 0 aromatic heterocycles. The highest BCUT2D eigenvalue weighted by atomic mass is 79.9. The average Bonchev–Trinajstić information content (AvgIpc) is 2.82. The van der Waals surface area contributed by atoms with Crippen molar-refractivity contribution in [1.82, 2.24) is 0 Å². The minimum Gasteiger partial charge on any atom is -0.354 e. The van der Waals surface area contributed by atoms with Crippen molar-refractivity contribution >= 4 is 27.5 Å². The Kier molecular flexibility index (Phi) is 4.36. The number of hydrogen-bond donors (Lipinski definition) is 0. The lowest BCUT2D eigenvalue weighted by Crippen LogP contribution is -2.29. The van der Waals surface area contributed by atoms with Crippen LogP contribution < -0.4 is 4.90 Å². The zero-order valence-corrected chi connectivity index (χ0v) is 13.1. The van der Waals surface area contributed by atoms with Gasteiger partial charge in [0.05, 0.1) is 6.61 Å². The van der Waals surface area contributed by atoms with E-state index in [4.69, 9.17) is 4.74 Å². The number of fused-ring (bicyclic) bond motifs is 1. The molecule has 0 radical (unpaired) electrons. The van der Waals surface area contributed by atoms with Gasteiger partial charge in [-0.2, -0.15) is 0 Å². The summed E-state index contributed by atoms with van der Waals surface area (Å²) >= 11 is 3.40. The second kappa shape index (κ2) is 6.41. The van der Waals surface area contributed by atoms with E-state index in [2.05, 4.69) is 15.9 Å². The van der Waals surface area contributed by atoms with Crippen LogP contribution in [0.15, 0.2) is 54.6 Å². The third-order valence-electron chi connectivity index (χ3n) is 3.50. The van der Waals surface area contributed by atoms with Gasteiger partial charge in [0.1, 0.15) is 0 Å². The van der Waals surface area contributed by atoms with E-state index in [1.807, 2.05) is 54.6 Å². The van der Waals surface area contributed by atoms with Gasteiger partial charge in [0.25, 0.3) is 5.91 Å². The molecule has 0 saturated carbocycles. The highest BCUT2D eigenvalue weighted by Gasteiger charge is 2.37. The number of benzene rings is 2. The number of nitrogens with zero attached hydrogens (tertiary/aromatic N) is 1. The van der Waals surface area contributed by atoms with Crippen LogP contribution in [0, 0.1) is 0 Å². The van der Waals surface area contributed by atoms with Crippen LogP contribution in [0.2, 0.25) is 0 Å². The molecule has 0 saturated heterocycles. The minimum atomic E-state index is -0.338. The molecule has 0 aliphatic carbocycles. The molecule has 0 spiro atoms. The predicted octanol–water partition coefficient (Wildman–Crippen LogP) is 4.15. The molecular formula is C17H16BrNO2. The lowest BCUT2D eigenvalue weighted by Gasteiger charge is -2.25. The van der Waals surface area contributed by atoms with Gasteiger partial charge in [0.15, 0.2) is 6.23 Å². The molecule has 2 aromatic carbocycles. The SMILES string of the molecule is O=C1c2ccccc2C(OCCCBr)N1c1ccccc1. The minimum absolute atomic E-state index is 0.000595. The Hall–Kier alpha value is -1.65. The Balaban J connectivity index is 1.96. The molecule has 4 heteroatoms. The maximum atomic E-state index is 12.7. The van der Waals surface area contributed by atoms with Crippen molar-refractivity contribution in [2.45, 2.75) is 12.6 Å². The molecule has 1 atom stereocenters. The highest BCUT2D eigenvalue weighted by Crippen LogP contribution is 2.38. The van der Waals surface area contributed by atoms with Gasteiger partial charge in [0, 0.05) is 22.1 Å². The maximum absolute atomic E-state index is 12.7. The highest BCUT2D eigenvalue weighted by molar-refractivity contribution is 9.09. The van der Waals surface area contributed by atoms with Crippen LogP contribution in [0.5, 0.6) is 0 Å². The van der Waals surface area contributed by atoms with E-state index in [0.29, 0.717) is 6.61 Å². The maximum Gasteiger partial charge on any atom is 0.261 e. The number of para-hydroxylation sites is 1. The smallest absolute Gasteiger partial charge is 0.261 e. The molecule has 0 N–H and O–H groups in total. The van der Waals surface area contributed by atoms with Gasteiger partial charge in [-0.05, 0) is 24.6 Å². The Morgan fingerprint density at radius 3 is 2.52 bits per heavy atom. The quantitative estimate of drug-likeness (QED) is 0.601. The van der Waals surface area contributed by atoms with Crippen LogP contribution in [-0.2, 0) is 4.74 Å². The van der Waals surface area contributed by atoms with Crippen molar-refractivity contribution in [3.05, 3.63) is 65.7 Å². The fourth-order valence-electron chi connectivity index (χ4n) is 2.54. The van der Waals surface area contributed by atoms with Gasteiger partial charge in [-0.1, -0.05) is 52.3 Å². The number of anilines is 1. The lowest BCUT2D eigenvalue weighted by molar-refractivity contribution is 0.0529. The number of amides is 1. The number of halogens is 1. The van der Waals surface area contributed by atoms with Crippen LogP contribution in [-0.4, -0.2) is 17.8 Å². The summed E-state index contributed by atoms with van der Waals surface area (Å²) in [6.45, 7) is 0.612. The summed E-state index contributed by atoms with van der Waals surface area (Å²) in [5.41, 5.74) is 2.54. The zero-order valence-electron chi connectivity index (χ0n) is 11.5. The van der Waals surface area contributed by atoms with Crippen molar-refractivity contribution in [2.75, 3.05) is 16.8 Å². The summed E-state index contributed by atoms with van der Waals surface area (Å²) in [4.78, 5) is 14.4. The number of ether oxygens (including phenoxy) is 1. The van der Waals surface area contributed by atoms with Crippen molar-refractivity contribution in [3.63, 3.8) is 0 Å². The largest absolute Gasteiger partial charge is 0.354 e. The van der Waals surface area contributed by atoms with E-state index >= 15 is 0 Å². The predicted molar refractivity (Wildman–Crippen MR) is 86.8 cm³/mol. The topological polar surface area (TPSA) is 29.5 Å². The number of carbonyl (C=O) groups excluding carboxylic acids is 1. The summed E-state index contributed by atoms with van der Waals surface area (Å²) in [5.74, 6) is 0.000595. The normalized spacial score (nSPS) is 17.1. The molecule has 1 amide bonds. The second-order valence-electron chi connectivity index (χ2n) is 4.86. The van der Waals surface area contributed by atoms with E-state index in [0.717, 1.165) is 28.6 Å². The van der Waals surface area contributed by atoms with Gasteiger partial charge >= 0.3 is 0 Å². The van der Waals surface area contributed by atoms with Crippen LogP contribution in [0.1, 0.15) is 28.6 Å². The van der Waals surface area contributed by atoms with Crippen molar-refractivity contribution in [3.8, 4) is 0 Å². The van der Waals surface area contributed by atoms with Gasteiger partial charge in [0.2, 0.25) is 0 Å². The van der Waals surface area contributed by atoms with Crippen molar-refractivity contribution < 1.29 is 9.53 Å². The molecule has 3 rings (SSSR count). The molecule has 1 heterocycles. The third-order valence-corrected chi connectivity index (χ3v) is 4.06. The van der Waals surface area contributed by atoms with Crippen LogP contribution in [0.3, 0.4) is 0 Å². The van der Waals surface area contributed by atoms with Crippen LogP contribution in [0.4, 0.5) is 5.69 Å². The molecular weight excluding hydrogens is 330 g/mol. The van der Waals surface area contributed by atoms with Crippen LogP contribution >= 0.6 is 15.9 Å². The van der Waals surface area contributed by atoms with E-state index < -0.39 is 0 Å². The lowest BCUT2D eigenvalue weighted by atomic mass is 10.1. The van der Waals surface area contributed by atoms with Crippen molar-refractivity contribution in [2.24, 2.45) is 0 Å². The first-order valence-corrected chi connectivity index (χ1v) is 8.10. The Morgan fingerprint density at radius 1 is 1.05 bits per heavy atom. The van der Waals surface area contributed by atoms with E-state index in [9.17, 15) is 4.79 Å². The average molecular weight is 346 g/mol. The van der Waals surface area contributed by atoms with Gasteiger partial charge in [-0.25, -0.2) is 0 Å². The second-order valence-corrected chi connectivity index (χ2v) is 5.66. The molecule has 21 heavy (non-hydrogen) atoms. The van der Waals surface area contributed by atoms with E-state index in [-0.39, 0.29) is 12.1 Å². The fourth-order valence-corrected chi connectivity index (χ4v) is 2.77. The number of rotatable bonds is 5. The van der Waals surface area contributed by atoms with Crippen LogP contribution in [0.25, 0.3) is 0 Å². The first-order valence-electron chi connectivity index (χ1n) is 6.98. The van der Waals surface area contributed by atoms with Crippen molar-refractivity contribution in [1.29, 1.82) is 0 Å².